The second-order valence-corrected chi connectivity index (χ2v) is 5.78. The summed E-state index contributed by atoms with van der Waals surface area (Å²) in [6.45, 7) is 4.68. The molecule has 1 aromatic heterocycles. The molecule has 1 aromatic carbocycles. The maximum Gasteiger partial charge on any atom is 0.319 e. The van der Waals surface area contributed by atoms with E-state index in [1.54, 1.807) is 35.6 Å². The molecule has 2 N–H and O–H groups in total. The molecule has 2 amide bonds. The van der Waals surface area contributed by atoms with Gasteiger partial charge in [0.05, 0.1) is 0 Å². The molecule has 2 rings (SSSR count). The van der Waals surface area contributed by atoms with E-state index in [9.17, 15) is 4.79 Å². The Balaban J connectivity index is 1.90. The normalized spacial score (nSPS) is 10.3. The average molecular weight is 295 g/mol. The fourth-order valence-corrected chi connectivity index (χ4v) is 2.73. The number of hydrogen-bond acceptors (Lipinski definition) is 2. The number of thiophene rings is 1. The van der Waals surface area contributed by atoms with Crippen LogP contribution in [0.25, 0.3) is 0 Å². The number of benzene rings is 1. The van der Waals surface area contributed by atoms with Crippen LogP contribution in [0.15, 0.2) is 29.6 Å². The van der Waals surface area contributed by atoms with Crippen LogP contribution in [0, 0.1) is 13.8 Å². The molecule has 3 nitrogen and oxygen atoms in total. The second-order valence-electron chi connectivity index (χ2n) is 4.26. The number of carbonyl (C=O) groups excluding carboxylic acids is 1. The maximum atomic E-state index is 11.8. The summed E-state index contributed by atoms with van der Waals surface area (Å²) in [6, 6.07) is 6.84. The average Bonchev–Trinajstić information content (AvgIpc) is 2.68. The van der Waals surface area contributed by atoms with Crippen molar-refractivity contribution in [2.45, 2.75) is 20.4 Å². The zero-order chi connectivity index (χ0) is 13.8. The van der Waals surface area contributed by atoms with Crippen LogP contribution in [0.4, 0.5) is 10.5 Å². The quantitative estimate of drug-likeness (QED) is 0.868. The van der Waals surface area contributed by atoms with Gasteiger partial charge in [-0.05, 0) is 48.6 Å². The molecule has 0 radical (unpaired) electrons. The first kappa shape index (κ1) is 13.9. The van der Waals surface area contributed by atoms with Gasteiger partial charge in [0.15, 0.2) is 0 Å². The Morgan fingerprint density at radius 1 is 1.37 bits per heavy atom. The van der Waals surface area contributed by atoms with Gasteiger partial charge in [0.2, 0.25) is 0 Å². The highest BCUT2D eigenvalue weighted by molar-refractivity contribution is 7.10. The maximum absolute atomic E-state index is 11.8. The smallest absolute Gasteiger partial charge is 0.319 e. The Bertz CT molecular complexity index is 595. The Morgan fingerprint density at radius 3 is 2.79 bits per heavy atom. The van der Waals surface area contributed by atoms with Crippen LogP contribution in [0.3, 0.4) is 0 Å². The van der Waals surface area contributed by atoms with E-state index in [2.05, 4.69) is 29.9 Å². The predicted octanol–water partition coefficient (Wildman–Crippen LogP) is 4.34. The summed E-state index contributed by atoms with van der Waals surface area (Å²) < 4.78 is 0. The molecule has 5 heteroatoms. The number of nitrogens with one attached hydrogen (secondary N) is 2. The minimum Gasteiger partial charge on any atom is -0.334 e. The van der Waals surface area contributed by atoms with Crippen molar-refractivity contribution in [3.63, 3.8) is 0 Å². The third kappa shape index (κ3) is 3.72. The van der Waals surface area contributed by atoms with Gasteiger partial charge in [0.25, 0.3) is 0 Å². The molecule has 100 valence electrons. The van der Waals surface area contributed by atoms with E-state index in [0.29, 0.717) is 17.3 Å². The highest BCUT2D eigenvalue weighted by Gasteiger charge is 2.06. The first-order valence-corrected chi connectivity index (χ1v) is 7.16. The summed E-state index contributed by atoms with van der Waals surface area (Å²) in [6.07, 6.45) is 0. The van der Waals surface area contributed by atoms with Crippen LogP contribution in [-0.2, 0) is 6.54 Å². The van der Waals surface area contributed by atoms with Crippen LogP contribution < -0.4 is 10.6 Å². The molecule has 0 aliphatic heterocycles. The molecule has 19 heavy (non-hydrogen) atoms. The van der Waals surface area contributed by atoms with Crippen molar-refractivity contribution >= 4 is 34.7 Å². The Morgan fingerprint density at radius 2 is 2.16 bits per heavy atom. The third-order valence-electron chi connectivity index (χ3n) is 2.91. The van der Waals surface area contributed by atoms with Crippen molar-refractivity contribution < 1.29 is 4.79 Å². The van der Waals surface area contributed by atoms with E-state index in [1.165, 1.54) is 10.4 Å². The summed E-state index contributed by atoms with van der Waals surface area (Å²) in [5.41, 5.74) is 3.08. The lowest BCUT2D eigenvalue weighted by molar-refractivity contribution is 0.251. The third-order valence-corrected chi connectivity index (χ3v) is 4.21. The van der Waals surface area contributed by atoms with Crippen molar-refractivity contribution in [3.8, 4) is 0 Å². The summed E-state index contributed by atoms with van der Waals surface area (Å²) in [5.74, 6) is 0. The molecular weight excluding hydrogens is 280 g/mol. The van der Waals surface area contributed by atoms with E-state index in [0.717, 1.165) is 5.56 Å². The molecule has 0 fully saturated rings. The highest BCUT2D eigenvalue weighted by atomic mass is 35.5. The molecular formula is C14H15ClN2OS. The number of anilines is 1. The molecule has 0 atom stereocenters. The Labute approximate surface area is 121 Å². The van der Waals surface area contributed by atoms with Gasteiger partial charge in [0, 0.05) is 22.1 Å². The molecule has 2 aromatic rings. The SMILES string of the molecule is Cc1scc(CNC(=O)Nc2cccc(Cl)c2)c1C. The number of amides is 2. The largest absolute Gasteiger partial charge is 0.334 e. The summed E-state index contributed by atoms with van der Waals surface area (Å²) in [5, 5.41) is 8.26. The zero-order valence-electron chi connectivity index (χ0n) is 10.8. The van der Waals surface area contributed by atoms with E-state index >= 15 is 0 Å². The molecule has 0 aliphatic rings. The van der Waals surface area contributed by atoms with Gasteiger partial charge in [-0.2, -0.15) is 0 Å². The van der Waals surface area contributed by atoms with Gasteiger partial charge in [0.1, 0.15) is 0 Å². The molecule has 0 spiro atoms. The van der Waals surface area contributed by atoms with Gasteiger partial charge < -0.3 is 10.6 Å². The molecule has 0 unspecified atom stereocenters. The number of rotatable bonds is 3. The minimum atomic E-state index is -0.231. The van der Waals surface area contributed by atoms with Crippen molar-refractivity contribution in [1.29, 1.82) is 0 Å². The summed E-state index contributed by atoms with van der Waals surface area (Å²) in [4.78, 5) is 13.0. The lowest BCUT2D eigenvalue weighted by Gasteiger charge is -2.08. The van der Waals surface area contributed by atoms with E-state index < -0.39 is 0 Å². The minimum absolute atomic E-state index is 0.231. The predicted molar refractivity (Wildman–Crippen MR) is 81.1 cm³/mol. The van der Waals surface area contributed by atoms with Gasteiger partial charge in [-0.1, -0.05) is 17.7 Å². The first-order valence-electron chi connectivity index (χ1n) is 5.90. The monoisotopic (exact) mass is 294 g/mol. The van der Waals surface area contributed by atoms with E-state index in [-0.39, 0.29) is 6.03 Å². The van der Waals surface area contributed by atoms with Crippen molar-refractivity contribution in [2.24, 2.45) is 0 Å². The van der Waals surface area contributed by atoms with Gasteiger partial charge in [-0.25, -0.2) is 4.79 Å². The molecule has 1 heterocycles. The molecule has 0 bridgehead atoms. The van der Waals surface area contributed by atoms with Crippen molar-refractivity contribution in [3.05, 3.63) is 50.7 Å². The zero-order valence-corrected chi connectivity index (χ0v) is 12.4. The Kier molecular flexibility index (Phi) is 4.45. The van der Waals surface area contributed by atoms with Gasteiger partial charge in [-0.3, -0.25) is 0 Å². The summed E-state index contributed by atoms with van der Waals surface area (Å²) in [7, 11) is 0. The number of halogens is 1. The van der Waals surface area contributed by atoms with Crippen molar-refractivity contribution in [1.82, 2.24) is 5.32 Å². The van der Waals surface area contributed by atoms with Crippen LogP contribution in [0.5, 0.6) is 0 Å². The van der Waals surface area contributed by atoms with E-state index in [4.69, 9.17) is 11.6 Å². The fraction of sp³-hybridized carbons (Fsp3) is 0.214. The van der Waals surface area contributed by atoms with Crippen molar-refractivity contribution in [2.75, 3.05) is 5.32 Å². The lowest BCUT2D eigenvalue weighted by Crippen LogP contribution is -2.28. The fourth-order valence-electron chi connectivity index (χ4n) is 1.65. The highest BCUT2D eigenvalue weighted by Crippen LogP contribution is 2.20. The first-order chi connectivity index (χ1) is 9.06. The second kappa shape index (κ2) is 6.08. The van der Waals surface area contributed by atoms with Crippen LogP contribution >= 0.6 is 22.9 Å². The lowest BCUT2D eigenvalue weighted by atomic mass is 10.2. The number of urea groups is 1. The standard InChI is InChI=1S/C14H15ClN2OS/c1-9-10(2)19-8-11(9)7-16-14(18)17-13-5-3-4-12(15)6-13/h3-6,8H,7H2,1-2H3,(H2,16,17,18). The van der Waals surface area contributed by atoms with E-state index in [1.807, 2.05) is 0 Å². The van der Waals surface area contributed by atoms with Gasteiger partial charge in [-0.15, -0.1) is 11.3 Å². The number of carbonyl (C=O) groups is 1. The molecule has 0 saturated carbocycles. The van der Waals surface area contributed by atoms with Crippen LogP contribution in [-0.4, -0.2) is 6.03 Å². The van der Waals surface area contributed by atoms with Crippen LogP contribution in [0.2, 0.25) is 5.02 Å². The Hall–Kier alpha value is -1.52. The number of hydrogen-bond donors (Lipinski definition) is 2. The number of aryl methyl sites for hydroxylation is 1. The molecule has 0 saturated heterocycles. The summed E-state index contributed by atoms with van der Waals surface area (Å²) >= 11 is 7.55. The topological polar surface area (TPSA) is 41.1 Å². The van der Waals surface area contributed by atoms with Crippen LogP contribution in [0.1, 0.15) is 16.0 Å². The van der Waals surface area contributed by atoms with Gasteiger partial charge >= 0.3 is 6.03 Å². The molecule has 0 aliphatic carbocycles.